The summed E-state index contributed by atoms with van der Waals surface area (Å²) in [4.78, 5) is 18.1. The van der Waals surface area contributed by atoms with Gasteiger partial charge in [-0.25, -0.2) is 0 Å². The number of hydrogen-bond donors (Lipinski definition) is 0. The van der Waals surface area contributed by atoms with Crippen LogP contribution in [-0.2, 0) is 22.3 Å². The van der Waals surface area contributed by atoms with Crippen molar-refractivity contribution in [1.82, 2.24) is 9.88 Å². The minimum absolute atomic E-state index is 0.0462. The van der Waals surface area contributed by atoms with Crippen molar-refractivity contribution in [3.8, 4) is 25.9 Å². The van der Waals surface area contributed by atoms with Crippen molar-refractivity contribution < 1.29 is 27.4 Å². The summed E-state index contributed by atoms with van der Waals surface area (Å²) in [6.07, 6.45) is -3.12. The Labute approximate surface area is 202 Å². The summed E-state index contributed by atoms with van der Waals surface area (Å²) in [6.45, 7) is 5.54. The van der Waals surface area contributed by atoms with Gasteiger partial charge in [-0.3, -0.25) is 0 Å². The second kappa shape index (κ2) is 9.94. The Kier molecular flexibility index (Phi) is 7.17. The van der Waals surface area contributed by atoms with Crippen molar-refractivity contribution in [3.63, 3.8) is 0 Å². The van der Waals surface area contributed by atoms with Crippen molar-refractivity contribution in [1.29, 1.82) is 0 Å². The van der Waals surface area contributed by atoms with E-state index in [2.05, 4.69) is 9.88 Å². The van der Waals surface area contributed by atoms with E-state index in [1.54, 1.807) is 26.1 Å². The van der Waals surface area contributed by atoms with Gasteiger partial charge in [-0.15, -0.1) is 0 Å². The van der Waals surface area contributed by atoms with Crippen molar-refractivity contribution >= 4 is 20.5 Å². The molecule has 1 fully saturated rings. The number of ether oxygens (including phenoxy) is 2. The number of hydrogen-bond acceptors (Lipinski definition) is 5. The molecule has 0 amide bonds. The maximum absolute atomic E-state index is 13.6. The van der Waals surface area contributed by atoms with E-state index in [0.717, 1.165) is 28.2 Å². The van der Waals surface area contributed by atoms with Gasteiger partial charge >= 0.3 is 202 Å². The number of halogens is 3. The zero-order valence-corrected chi connectivity index (χ0v) is 20.8. The molecule has 180 valence electrons. The SMILES string of the molecule is COC(=O)C1CN(Cc2ccc(-c3cnc(-c4ccc(OC(C)C)c(C(F)(F)F)c4)[se]3)cc2)C1. The number of nitrogens with zero attached hydrogens (tertiary/aromatic N) is 2. The van der Waals surface area contributed by atoms with Crippen molar-refractivity contribution in [2.45, 2.75) is 32.7 Å². The topological polar surface area (TPSA) is 51.7 Å². The number of carbonyl (C=O) groups is 1. The number of methoxy groups -OCH3 is 1. The van der Waals surface area contributed by atoms with Crippen LogP contribution in [0.4, 0.5) is 13.2 Å². The first kappa shape index (κ1) is 24.5. The Morgan fingerprint density at radius 2 is 1.82 bits per heavy atom. The summed E-state index contributed by atoms with van der Waals surface area (Å²) in [5, 5.41) is 0. The van der Waals surface area contributed by atoms with Crippen LogP contribution in [0.2, 0.25) is 0 Å². The second-order valence-electron chi connectivity index (χ2n) is 8.52. The molecule has 0 N–H and O–H groups in total. The third kappa shape index (κ3) is 5.54. The Morgan fingerprint density at radius 3 is 2.44 bits per heavy atom. The molecule has 1 aliphatic heterocycles. The average Bonchev–Trinajstić information content (AvgIpc) is 3.25. The molecule has 0 atom stereocenters. The Morgan fingerprint density at radius 1 is 1.15 bits per heavy atom. The monoisotopic (exact) mass is 538 g/mol. The van der Waals surface area contributed by atoms with Crippen molar-refractivity contribution in [2.24, 2.45) is 5.92 Å². The van der Waals surface area contributed by atoms with Gasteiger partial charge in [-0.1, -0.05) is 0 Å². The van der Waals surface area contributed by atoms with Crippen LogP contribution in [0.25, 0.3) is 20.1 Å². The van der Waals surface area contributed by atoms with E-state index in [9.17, 15) is 18.0 Å². The Balaban J connectivity index is 1.47. The molecule has 5 nitrogen and oxygen atoms in total. The predicted molar refractivity (Wildman–Crippen MR) is 124 cm³/mol. The van der Waals surface area contributed by atoms with Gasteiger partial charge in [0.25, 0.3) is 0 Å². The van der Waals surface area contributed by atoms with Gasteiger partial charge in [-0.2, -0.15) is 0 Å². The van der Waals surface area contributed by atoms with Gasteiger partial charge in [0, 0.05) is 0 Å². The van der Waals surface area contributed by atoms with Crippen LogP contribution in [0.5, 0.6) is 5.75 Å². The molecule has 34 heavy (non-hydrogen) atoms. The fourth-order valence-electron chi connectivity index (χ4n) is 3.83. The molecule has 4 rings (SSSR count). The van der Waals surface area contributed by atoms with E-state index in [-0.39, 0.29) is 38.2 Å². The number of aromatic nitrogens is 1. The number of esters is 1. The minimum atomic E-state index is -4.51. The zero-order valence-electron chi connectivity index (χ0n) is 19.1. The summed E-state index contributed by atoms with van der Waals surface area (Å²) in [5.74, 6) is -0.376. The summed E-state index contributed by atoms with van der Waals surface area (Å²) in [5.41, 5.74) is 1.82. The molecular formula is C25H25F3N2O3Se. The number of carbonyl (C=O) groups excluding carboxylic acids is 1. The first-order valence-corrected chi connectivity index (χ1v) is 12.6. The molecule has 1 aromatic heterocycles. The number of benzene rings is 2. The third-order valence-corrected chi connectivity index (χ3v) is 7.84. The fraction of sp³-hybridized carbons (Fsp3) is 0.360. The van der Waals surface area contributed by atoms with E-state index >= 15 is 0 Å². The molecule has 9 heteroatoms. The van der Waals surface area contributed by atoms with Gasteiger partial charge in [0.2, 0.25) is 0 Å². The van der Waals surface area contributed by atoms with Gasteiger partial charge < -0.3 is 0 Å². The van der Waals surface area contributed by atoms with Crippen LogP contribution in [0.1, 0.15) is 25.0 Å². The third-order valence-electron chi connectivity index (χ3n) is 5.54. The van der Waals surface area contributed by atoms with Crippen LogP contribution in [0.15, 0.2) is 48.7 Å². The van der Waals surface area contributed by atoms with Crippen molar-refractivity contribution in [2.75, 3.05) is 20.2 Å². The Hall–Kier alpha value is -2.61. The molecule has 2 heterocycles. The molecule has 0 bridgehead atoms. The summed E-state index contributed by atoms with van der Waals surface area (Å²) >= 11 is -0.212. The number of likely N-dealkylation sites (tertiary alicyclic amines) is 1. The van der Waals surface area contributed by atoms with Gasteiger partial charge in [-0.05, 0) is 0 Å². The van der Waals surface area contributed by atoms with E-state index in [0.29, 0.717) is 23.2 Å². The maximum atomic E-state index is 13.6. The van der Waals surface area contributed by atoms with Crippen LogP contribution in [-0.4, -0.2) is 56.7 Å². The molecule has 0 saturated carbocycles. The molecule has 0 spiro atoms. The summed E-state index contributed by atoms with van der Waals surface area (Å²) < 4.78 is 52.6. The van der Waals surface area contributed by atoms with Gasteiger partial charge in [0.05, 0.1) is 0 Å². The molecule has 3 aromatic rings. The van der Waals surface area contributed by atoms with Crippen LogP contribution in [0, 0.1) is 5.92 Å². The fourth-order valence-corrected chi connectivity index (χ4v) is 5.76. The summed E-state index contributed by atoms with van der Waals surface area (Å²) in [6, 6.07) is 12.3. The second-order valence-corrected chi connectivity index (χ2v) is 10.7. The first-order chi connectivity index (χ1) is 16.1. The Bertz CT molecular complexity index is 1150. The molecule has 1 saturated heterocycles. The average molecular weight is 537 g/mol. The molecule has 0 unspecified atom stereocenters. The van der Waals surface area contributed by atoms with Crippen LogP contribution in [0.3, 0.4) is 0 Å². The molecular weight excluding hydrogens is 512 g/mol. The summed E-state index contributed by atoms with van der Waals surface area (Å²) in [7, 11) is 1.41. The predicted octanol–water partition coefficient (Wildman–Crippen LogP) is 4.88. The zero-order chi connectivity index (χ0) is 24.5. The van der Waals surface area contributed by atoms with Crippen LogP contribution >= 0.6 is 0 Å². The van der Waals surface area contributed by atoms with E-state index in [1.807, 2.05) is 24.3 Å². The standard InChI is InChI=1S/C25H25F3N2O3Se/c1-15(2)33-21-9-8-18(10-20(21)25(26,27)28)23-29-11-22(34-23)17-6-4-16(5-7-17)12-30-13-19(14-30)24(31)32-3/h4-11,15,19H,12-14H2,1-3H3. The van der Waals surface area contributed by atoms with Crippen LogP contribution < -0.4 is 4.74 Å². The number of alkyl halides is 3. The van der Waals surface area contributed by atoms with Gasteiger partial charge in [0.1, 0.15) is 0 Å². The first-order valence-electron chi connectivity index (χ1n) is 10.9. The molecule has 2 aromatic carbocycles. The van der Waals surface area contributed by atoms with Gasteiger partial charge in [0.15, 0.2) is 0 Å². The van der Waals surface area contributed by atoms with E-state index in [4.69, 9.17) is 9.47 Å². The molecule has 0 aliphatic carbocycles. The quantitative estimate of drug-likeness (QED) is 0.318. The van der Waals surface area contributed by atoms with E-state index < -0.39 is 11.7 Å². The molecule has 1 aliphatic rings. The number of rotatable bonds is 7. The van der Waals surface area contributed by atoms with Crippen molar-refractivity contribution in [3.05, 3.63) is 59.8 Å². The normalized spacial score (nSPS) is 14.8. The molecule has 0 radical (unpaired) electrons. The van der Waals surface area contributed by atoms with E-state index in [1.165, 1.54) is 13.2 Å².